The zero-order valence-electron chi connectivity index (χ0n) is 12.4. The van der Waals surface area contributed by atoms with Crippen LogP contribution in [0, 0.1) is 0 Å². The van der Waals surface area contributed by atoms with Gasteiger partial charge in [0, 0.05) is 28.1 Å². The lowest BCUT2D eigenvalue weighted by Gasteiger charge is -2.14. The third-order valence-electron chi connectivity index (χ3n) is 3.06. The molecule has 22 heavy (non-hydrogen) atoms. The highest BCUT2D eigenvalue weighted by Gasteiger charge is 2.06. The van der Waals surface area contributed by atoms with Crippen LogP contribution in [-0.2, 0) is 13.2 Å². The third kappa shape index (κ3) is 5.61. The monoisotopic (exact) mass is 383 g/mol. The van der Waals surface area contributed by atoms with E-state index in [2.05, 4.69) is 21.2 Å². The number of benzene rings is 2. The van der Waals surface area contributed by atoms with Gasteiger partial charge < -0.3 is 15.2 Å². The molecule has 3 nitrogen and oxygen atoms in total. The fraction of sp³-hybridized carbons (Fsp3) is 0.294. The molecule has 0 aliphatic rings. The first-order chi connectivity index (χ1) is 10.5. The molecule has 118 valence electrons. The Balaban J connectivity index is 2.03. The molecule has 0 heterocycles. The lowest BCUT2D eigenvalue weighted by Crippen LogP contribution is -2.24. The Labute approximate surface area is 144 Å². The van der Waals surface area contributed by atoms with Gasteiger partial charge in [-0.1, -0.05) is 39.7 Å². The van der Waals surface area contributed by atoms with Crippen molar-refractivity contribution < 1.29 is 9.84 Å². The van der Waals surface area contributed by atoms with E-state index in [4.69, 9.17) is 16.3 Å². The van der Waals surface area contributed by atoms with Crippen LogP contribution in [0.15, 0.2) is 46.9 Å². The summed E-state index contributed by atoms with van der Waals surface area (Å²) < 4.78 is 6.91. The predicted octanol–water partition coefficient (Wildman–Crippen LogP) is 4.15. The second kappa shape index (κ2) is 8.53. The number of aliphatic hydroxyl groups is 1. The number of aliphatic hydroxyl groups excluding tert-OH is 1. The summed E-state index contributed by atoms with van der Waals surface area (Å²) in [5, 5.41) is 13.2. The Bertz CT molecular complexity index is 619. The van der Waals surface area contributed by atoms with Crippen molar-refractivity contribution in [2.75, 3.05) is 6.54 Å². The van der Waals surface area contributed by atoms with Gasteiger partial charge in [-0.3, -0.25) is 0 Å². The van der Waals surface area contributed by atoms with Crippen LogP contribution in [0.2, 0.25) is 5.02 Å². The summed E-state index contributed by atoms with van der Waals surface area (Å²) in [6, 6.07) is 13.5. The number of halogens is 2. The van der Waals surface area contributed by atoms with E-state index in [1.165, 1.54) is 0 Å². The zero-order valence-corrected chi connectivity index (χ0v) is 14.7. The summed E-state index contributed by atoms with van der Waals surface area (Å²) in [6.07, 6.45) is -0.372. The first kappa shape index (κ1) is 17.3. The molecule has 0 fully saturated rings. The van der Waals surface area contributed by atoms with E-state index in [-0.39, 0.29) is 6.10 Å². The molecule has 2 rings (SSSR count). The van der Waals surface area contributed by atoms with Gasteiger partial charge in [-0.25, -0.2) is 0 Å². The number of hydrogen-bond donors (Lipinski definition) is 2. The maximum absolute atomic E-state index is 9.32. The molecule has 5 heteroatoms. The van der Waals surface area contributed by atoms with Gasteiger partial charge in [-0.15, -0.1) is 0 Å². The number of ether oxygens (including phenoxy) is 1. The van der Waals surface area contributed by atoms with Crippen LogP contribution >= 0.6 is 27.5 Å². The van der Waals surface area contributed by atoms with Crippen molar-refractivity contribution >= 4 is 27.5 Å². The summed E-state index contributed by atoms with van der Waals surface area (Å²) in [5.74, 6) is 0.821. The molecule has 0 saturated heterocycles. The molecule has 2 N–H and O–H groups in total. The average Bonchev–Trinajstić information content (AvgIpc) is 2.46. The SMILES string of the molecule is C[C@@H](O)CNCc1cc(Br)ccc1OCc1cccc(Cl)c1. The quantitative estimate of drug-likeness (QED) is 0.753. The topological polar surface area (TPSA) is 41.5 Å². The smallest absolute Gasteiger partial charge is 0.124 e. The maximum Gasteiger partial charge on any atom is 0.124 e. The fourth-order valence-electron chi connectivity index (χ4n) is 2.03. The summed E-state index contributed by atoms with van der Waals surface area (Å²) in [4.78, 5) is 0. The predicted molar refractivity (Wildman–Crippen MR) is 93.3 cm³/mol. The lowest BCUT2D eigenvalue weighted by molar-refractivity contribution is 0.190. The summed E-state index contributed by atoms with van der Waals surface area (Å²) in [6.45, 7) is 3.39. The van der Waals surface area contributed by atoms with Gasteiger partial charge in [-0.2, -0.15) is 0 Å². The Kier molecular flexibility index (Phi) is 6.70. The molecule has 0 amide bonds. The minimum atomic E-state index is -0.372. The maximum atomic E-state index is 9.32. The highest BCUT2D eigenvalue weighted by atomic mass is 79.9. The van der Waals surface area contributed by atoms with Crippen LogP contribution in [0.25, 0.3) is 0 Å². The molecule has 0 aromatic heterocycles. The molecular formula is C17H19BrClNO2. The van der Waals surface area contributed by atoms with E-state index in [1.807, 2.05) is 42.5 Å². The van der Waals surface area contributed by atoms with Gasteiger partial charge in [0.25, 0.3) is 0 Å². The molecule has 0 bridgehead atoms. The largest absolute Gasteiger partial charge is 0.489 e. The Morgan fingerprint density at radius 1 is 1.27 bits per heavy atom. The Morgan fingerprint density at radius 2 is 2.09 bits per heavy atom. The molecule has 0 saturated carbocycles. The first-order valence-corrected chi connectivity index (χ1v) is 8.26. The highest BCUT2D eigenvalue weighted by Crippen LogP contribution is 2.24. The summed E-state index contributed by atoms with van der Waals surface area (Å²) in [7, 11) is 0. The minimum absolute atomic E-state index is 0.372. The van der Waals surface area contributed by atoms with E-state index in [0.29, 0.717) is 24.7 Å². The van der Waals surface area contributed by atoms with Crippen molar-refractivity contribution in [2.24, 2.45) is 0 Å². The van der Waals surface area contributed by atoms with Crippen molar-refractivity contribution in [3.8, 4) is 5.75 Å². The molecule has 0 unspecified atom stereocenters. The first-order valence-electron chi connectivity index (χ1n) is 7.09. The normalized spacial score (nSPS) is 12.2. The molecule has 0 radical (unpaired) electrons. The van der Waals surface area contributed by atoms with Crippen molar-refractivity contribution in [3.63, 3.8) is 0 Å². The fourth-order valence-corrected chi connectivity index (χ4v) is 2.65. The molecule has 0 aliphatic carbocycles. The van der Waals surface area contributed by atoms with Gasteiger partial charge in [-0.05, 0) is 42.8 Å². The van der Waals surface area contributed by atoms with Crippen LogP contribution in [0.4, 0.5) is 0 Å². The van der Waals surface area contributed by atoms with E-state index in [9.17, 15) is 5.11 Å². The van der Waals surface area contributed by atoms with Gasteiger partial charge in [0.2, 0.25) is 0 Å². The third-order valence-corrected chi connectivity index (χ3v) is 3.79. The second-order valence-electron chi connectivity index (χ2n) is 5.15. The molecule has 2 aromatic carbocycles. The van der Waals surface area contributed by atoms with Crippen molar-refractivity contribution in [1.29, 1.82) is 0 Å². The standard InChI is InChI=1S/C17H19BrClNO2/c1-12(21)9-20-10-14-8-15(18)5-6-17(14)22-11-13-3-2-4-16(19)7-13/h2-8,12,20-21H,9-11H2,1H3/t12-/m1/s1. The van der Waals surface area contributed by atoms with Crippen LogP contribution in [0.5, 0.6) is 5.75 Å². The highest BCUT2D eigenvalue weighted by molar-refractivity contribution is 9.10. The lowest BCUT2D eigenvalue weighted by atomic mass is 10.2. The average molecular weight is 385 g/mol. The van der Waals surface area contributed by atoms with E-state index < -0.39 is 0 Å². The number of rotatable bonds is 7. The Hall–Kier alpha value is -1.07. The summed E-state index contributed by atoms with van der Waals surface area (Å²) >= 11 is 9.45. The molecule has 0 spiro atoms. The van der Waals surface area contributed by atoms with Gasteiger partial charge in [0.15, 0.2) is 0 Å². The van der Waals surface area contributed by atoms with E-state index >= 15 is 0 Å². The minimum Gasteiger partial charge on any atom is -0.489 e. The molecule has 0 aliphatic heterocycles. The van der Waals surface area contributed by atoms with Crippen molar-refractivity contribution in [1.82, 2.24) is 5.32 Å². The Morgan fingerprint density at radius 3 is 2.82 bits per heavy atom. The van der Waals surface area contributed by atoms with E-state index in [0.717, 1.165) is 21.3 Å². The van der Waals surface area contributed by atoms with Crippen LogP contribution in [0.1, 0.15) is 18.1 Å². The van der Waals surface area contributed by atoms with Crippen LogP contribution in [-0.4, -0.2) is 17.8 Å². The van der Waals surface area contributed by atoms with Crippen LogP contribution in [0.3, 0.4) is 0 Å². The zero-order chi connectivity index (χ0) is 15.9. The van der Waals surface area contributed by atoms with Gasteiger partial charge in [0.1, 0.15) is 12.4 Å². The van der Waals surface area contributed by atoms with Crippen LogP contribution < -0.4 is 10.1 Å². The van der Waals surface area contributed by atoms with Gasteiger partial charge >= 0.3 is 0 Å². The van der Waals surface area contributed by atoms with Gasteiger partial charge in [0.05, 0.1) is 6.10 Å². The molecule has 1 atom stereocenters. The molecular weight excluding hydrogens is 366 g/mol. The van der Waals surface area contributed by atoms with Crippen molar-refractivity contribution in [2.45, 2.75) is 26.2 Å². The summed E-state index contributed by atoms with van der Waals surface area (Å²) in [5.41, 5.74) is 2.07. The molecule has 2 aromatic rings. The number of hydrogen-bond acceptors (Lipinski definition) is 3. The number of nitrogens with one attached hydrogen (secondary N) is 1. The van der Waals surface area contributed by atoms with E-state index in [1.54, 1.807) is 6.92 Å². The van der Waals surface area contributed by atoms with Crippen molar-refractivity contribution in [3.05, 3.63) is 63.1 Å². The second-order valence-corrected chi connectivity index (χ2v) is 6.50.